The summed E-state index contributed by atoms with van der Waals surface area (Å²) >= 11 is 1.45. The van der Waals surface area contributed by atoms with Crippen molar-refractivity contribution in [2.24, 2.45) is 0 Å². The quantitative estimate of drug-likeness (QED) is 0.799. The minimum Gasteiger partial charge on any atom is -0.481 e. The van der Waals surface area contributed by atoms with Crippen molar-refractivity contribution in [1.82, 2.24) is 5.32 Å². The van der Waals surface area contributed by atoms with Crippen molar-refractivity contribution >= 4 is 23.6 Å². The molecule has 20 heavy (non-hydrogen) atoms. The van der Waals surface area contributed by atoms with Crippen LogP contribution in [0.1, 0.15) is 24.5 Å². The third-order valence-corrected chi connectivity index (χ3v) is 3.48. The van der Waals surface area contributed by atoms with Crippen LogP contribution in [0.3, 0.4) is 0 Å². The average Bonchev–Trinajstić information content (AvgIpc) is 2.38. The fourth-order valence-corrected chi connectivity index (χ4v) is 2.37. The second kappa shape index (κ2) is 8.23. The number of hydrogen-bond donors (Lipinski definition) is 2. The number of thioether (sulfide) groups is 1. The van der Waals surface area contributed by atoms with E-state index in [-0.39, 0.29) is 24.1 Å². The van der Waals surface area contributed by atoms with E-state index in [1.54, 1.807) is 19.1 Å². The predicted octanol–water partition coefficient (Wildman–Crippen LogP) is 1.77. The molecule has 1 amide bonds. The van der Waals surface area contributed by atoms with E-state index in [4.69, 9.17) is 10.4 Å². The Hall–Kier alpha value is -2.00. The summed E-state index contributed by atoms with van der Waals surface area (Å²) in [4.78, 5) is 22.0. The minimum atomic E-state index is -0.928. The second-order valence-corrected chi connectivity index (χ2v) is 5.35. The van der Waals surface area contributed by atoms with Gasteiger partial charge in [0.15, 0.2) is 0 Å². The molecule has 1 rings (SSSR count). The van der Waals surface area contributed by atoms with Crippen molar-refractivity contribution in [3.05, 3.63) is 35.4 Å². The highest BCUT2D eigenvalue weighted by molar-refractivity contribution is 7.99. The Labute approximate surface area is 122 Å². The van der Waals surface area contributed by atoms with Gasteiger partial charge < -0.3 is 10.4 Å². The number of amides is 1. The molecule has 0 aromatic heterocycles. The number of carboxylic acids is 1. The lowest BCUT2D eigenvalue weighted by Gasteiger charge is -2.11. The first-order valence-electron chi connectivity index (χ1n) is 6.09. The van der Waals surface area contributed by atoms with Crippen molar-refractivity contribution in [2.45, 2.75) is 25.1 Å². The Bertz CT molecular complexity index is 508. The number of nitriles is 1. The summed E-state index contributed by atoms with van der Waals surface area (Å²) in [5.74, 6) is -0.142. The Morgan fingerprint density at radius 1 is 1.40 bits per heavy atom. The molecular formula is C14H16N2O3S. The van der Waals surface area contributed by atoms with Crippen molar-refractivity contribution in [3.8, 4) is 6.07 Å². The summed E-state index contributed by atoms with van der Waals surface area (Å²) in [5.41, 5.74) is 1.65. The molecule has 1 aromatic carbocycles. The van der Waals surface area contributed by atoms with Crippen LogP contribution in [0.25, 0.3) is 0 Å². The Morgan fingerprint density at radius 3 is 2.60 bits per heavy atom. The van der Waals surface area contributed by atoms with Gasteiger partial charge in [0.2, 0.25) is 5.91 Å². The van der Waals surface area contributed by atoms with Crippen LogP contribution >= 0.6 is 11.8 Å². The summed E-state index contributed by atoms with van der Waals surface area (Å²) < 4.78 is 0. The van der Waals surface area contributed by atoms with E-state index in [0.717, 1.165) is 5.56 Å². The Balaban J connectivity index is 2.27. The number of rotatable bonds is 7. The van der Waals surface area contributed by atoms with Crippen molar-refractivity contribution in [1.29, 1.82) is 5.26 Å². The van der Waals surface area contributed by atoms with E-state index in [1.165, 1.54) is 11.8 Å². The zero-order valence-electron chi connectivity index (χ0n) is 11.1. The fourth-order valence-electron chi connectivity index (χ4n) is 1.57. The maximum absolute atomic E-state index is 11.6. The number of carbonyl (C=O) groups is 2. The molecular weight excluding hydrogens is 276 g/mol. The molecule has 6 heteroatoms. The van der Waals surface area contributed by atoms with E-state index in [1.807, 2.05) is 18.2 Å². The van der Waals surface area contributed by atoms with Gasteiger partial charge in [-0.3, -0.25) is 9.59 Å². The van der Waals surface area contributed by atoms with Crippen LogP contribution in [-0.2, 0) is 15.3 Å². The molecule has 1 unspecified atom stereocenters. The molecule has 0 spiro atoms. The van der Waals surface area contributed by atoms with Gasteiger partial charge in [-0.05, 0) is 24.6 Å². The molecule has 0 saturated carbocycles. The average molecular weight is 292 g/mol. The summed E-state index contributed by atoms with van der Waals surface area (Å²) in [6.45, 7) is 1.66. The summed E-state index contributed by atoms with van der Waals surface area (Å²) in [5, 5.41) is 19.9. The molecule has 0 radical (unpaired) electrons. The van der Waals surface area contributed by atoms with E-state index in [2.05, 4.69) is 5.32 Å². The highest BCUT2D eigenvalue weighted by atomic mass is 32.2. The highest BCUT2D eigenvalue weighted by Gasteiger charge is 2.10. The Morgan fingerprint density at radius 2 is 2.05 bits per heavy atom. The predicted molar refractivity (Wildman–Crippen MR) is 77.2 cm³/mol. The molecule has 5 nitrogen and oxygen atoms in total. The number of hydrogen-bond acceptors (Lipinski definition) is 4. The molecule has 0 fully saturated rings. The van der Waals surface area contributed by atoms with Crippen LogP contribution in [0.2, 0.25) is 0 Å². The van der Waals surface area contributed by atoms with Gasteiger partial charge in [0.1, 0.15) is 0 Å². The smallest absolute Gasteiger partial charge is 0.305 e. The lowest BCUT2D eigenvalue weighted by molar-refractivity contribution is -0.137. The molecule has 106 valence electrons. The first-order chi connectivity index (χ1) is 9.51. The molecule has 0 aliphatic carbocycles. The molecule has 2 N–H and O–H groups in total. The molecule has 0 heterocycles. The molecule has 0 aliphatic heterocycles. The fraction of sp³-hybridized carbons (Fsp3) is 0.357. The zero-order chi connectivity index (χ0) is 15.0. The lowest BCUT2D eigenvalue weighted by Crippen LogP contribution is -2.35. The number of nitrogens with one attached hydrogen (secondary N) is 1. The molecule has 1 atom stereocenters. The first-order valence-corrected chi connectivity index (χ1v) is 7.24. The highest BCUT2D eigenvalue weighted by Crippen LogP contribution is 2.12. The van der Waals surface area contributed by atoms with Crippen molar-refractivity contribution in [2.75, 3.05) is 5.75 Å². The van der Waals surface area contributed by atoms with Gasteiger partial charge >= 0.3 is 5.97 Å². The van der Waals surface area contributed by atoms with Gasteiger partial charge in [-0.2, -0.15) is 5.26 Å². The third-order valence-electron chi connectivity index (χ3n) is 2.47. The monoisotopic (exact) mass is 292 g/mol. The van der Waals surface area contributed by atoms with Crippen molar-refractivity contribution < 1.29 is 14.7 Å². The van der Waals surface area contributed by atoms with Crippen LogP contribution in [0.4, 0.5) is 0 Å². The number of nitrogens with zero attached hydrogens (tertiary/aromatic N) is 1. The van der Waals surface area contributed by atoms with E-state index >= 15 is 0 Å². The van der Waals surface area contributed by atoms with E-state index in [9.17, 15) is 9.59 Å². The zero-order valence-corrected chi connectivity index (χ0v) is 11.9. The summed E-state index contributed by atoms with van der Waals surface area (Å²) in [6, 6.07) is 8.88. The number of carbonyl (C=O) groups excluding carboxylic acids is 1. The van der Waals surface area contributed by atoms with Gasteiger partial charge in [0.05, 0.1) is 23.8 Å². The molecule has 1 aromatic rings. The molecule has 0 aliphatic rings. The first kappa shape index (κ1) is 16.1. The Kier molecular flexibility index (Phi) is 6.60. The van der Waals surface area contributed by atoms with Gasteiger partial charge in [0.25, 0.3) is 0 Å². The number of aliphatic carboxylic acids is 1. The van der Waals surface area contributed by atoms with Crippen LogP contribution in [-0.4, -0.2) is 28.8 Å². The van der Waals surface area contributed by atoms with Gasteiger partial charge in [-0.15, -0.1) is 11.8 Å². The van der Waals surface area contributed by atoms with Crippen LogP contribution in [0.5, 0.6) is 0 Å². The maximum Gasteiger partial charge on any atom is 0.305 e. The topological polar surface area (TPSA) is 90.2 Å². The minimum absolute atomic E-state index is 0.0774. The van der Waals surface area contributed by atoms with Crippen LogP contribution in [0.15, 0.2) is 24.3 Å². The van der Waals surface area contributed by atoms with Crippen LogP contribution in [0, 0.1) is 11.3 Å². The maximum atomic E-state index is 11.6. The van der Waals surface area contributed by atoms with Gasteiger partial charge in [-0.25, -0.2) is 0 Å². The molecule has 0 bridgehead atoms. The largest absolute Gasteiger partial charge is 0.481 e. The third kappa shape index (κ3) is 6.25. The van der Waals surface area contributed by atoms with E-state index in [0.29, 0.717) is 11.3 Å². The second-order valence-electron chi connectivity index (χ2n) is 4.37. The van der Waals surface area contributed by atoms with Gasteiger partial charge in [0, 0.05) is 11.8 Å². The van der Waals surface area contributed by atoms with Crippen molar-refractivity contribution in [3.63, 3.8) is 0 Å². The van der Waals surface area contributed by atoms with Crippen LogP contribution < -0.4 is 5.32 Å². The standard InChI is InChI=1S/C14H16N2O3S/c1-10(6-14(18)19)16-13(17)9-20-8-12-4-2-11(7-15)3-5-12/h2-5,10H,6,8-9H2,1H3,(H,16,17)(H,18,19). The summed E-state index contributed by atoms with van der Waals surface area (Å²) in [6.07, 6.45) is -0.0774. The SMILES string of the molecule is CC(CC(=O)O)NC(=O)CSCc1ccc(C#N)cc1. The number of carboxylic acid groups (broad SMARTS) is 1. The van der Waals surface area contributed by atoms with E-state index < -0.39 is 5.97 Å². The van der Waals surface area contributed by atoms with Gasteiger partial charge in [-0.1, -0.05) is 12.1 Å². The molecule has 0 saturated heterocycles. The summed E-state index contributed by atoms with van der Waals surface area (Å²) in [7, 11) is 0. The lowest BCUT2D eigenvalue weighted by atomic mass is 10.2. The normalized spacial score (nSPS) is 11.4. The number of benzene rings is 1.